The van der Waals surface area contributed by atoms with Crippen molar-refractivity contribution in [3.8, 4) is 5.75 Å². The van der Waals surface area contributed by atoms with Crippen molar-refractivity contribution in [2.24, 2.45) is 0 Å². The second kappa shape index (κ2) is 6.50. The number of rotatable bonds is 6. The molecule has 0 fully saturated rings. The fraction of sp³-hybridized carbons (Fsp3) is 0.294. The molecule has 0 aromatic heterocycles. The van der Waals surface area contributed by atoms with Crippen LogP contribution in [0.25, 0.3) is 0 Å². The Morgan fingerprint density at radius 2 is 1.86 bits per heavy atom. The van der Waals surface area contributed by atoms with Crippen molar-refractivity contribution in [1.82, 2.24) is 4.72 Å². The number of nitrogens with one attached hydrogen (secondary N) is 1. The molecule has 0 aliphatic carbocycles. The molecule has 1 aliphatic rings. The van der Waals surface area contributed by atoms with E-state index in [1.165, 1.54) is 5.56 Å². The van der Waals surface area contributed by atoms with Gasteiger partial charge in [0.1, 0.15) is 5.75 Å². The van der Waals surface area contributed by atoms with Gasteiger partial charge in [-0.2, -0.15) is 0 Å². The Kier molecular flexibility index (Phi) is 4.45. The molecular weight excluding hydrogens is 298 g/mol. The van der Waals surface area contributed by atoms with Crippen LogP contribution in [-0.4, -0.2) is 21.6 Å². The Bertz CT molecular complexity index is 742. The molecule has 3 rings (SSSR count). The van der Waals surface area contributed by atoms with Gasteiger partial charge >= 0.3 is 0 Å². The van der Waals surface area contributed by atoms with Crippen LogP contribution in [-0.2, 0) is 28.6 Å². The van der Waals surface area contributed by atoms with Crippen molar-refractivity contribution >= 4 is 10.0 Å². The highest BCUT2D eigenvalue weighted by atomic mass is 32.2. The van der Waals surface area contributed by atoms with Crippen LogP contribution in [0.1, 0.15) is 16.7 Å². The van der Waals surface area contributed by atoms with E-state index in [-0.39, 0.29) is 5.75 Å². The fourth-order valence-corrected chi connectivity index (χ4v) is 3.74. The Morgan fingerprint density at radius 3 is 2.68 bits per heavy atom. The van der Waals surface area contributed by atoms with E-state index in [0.717, 1.165) is 29.9 Å². The van der Waals surface area contributed by atoms with E-state index in [4.69, 9.17) is 4.74 Å². The second-order valence-corrected chi connectivity index (χ2v) is 7.24. The van der Waals surface area contributed by atoms with Crippen LogP contribution in [0, 0.1) is 0 Å². The molecule has 0 atom stereocenters. The molecule has 22 heavy (non-hydrogen) atoms. The van der Waals surface area contributed by atoms with Gasteiger partial charge in [-0.25, -0.2) is 13.1 Å². The average Bonchev–Trinajstić information content (AvgIpc) is 2.95. The SMILES string of the molecule is O=S(=O)(Cc1ccccc1)NCCc1ccc2c(c1)CCO2. The molecule has 0 radical (unpaired) electrons. The zero-order chi connectivity index (χ0) is 15.4. The topological polar surface area (TPSA) is 55.4 Å². The summed E-state index contributed by atoms with van der Waals surface area (Å²) < 4.78 is 32.2. The zero-order valence-corrected chi connectivity index (χ0v) is 13.1. The molecule has 2 aromatic rings. The van der Waals surface area contributed by atoms with Gasteiger partial charge in [0.05, 0.1) is 12.4 Å². The first kappa shape index (κ1) is 15.1. The molecule has 1 heterocycles. The maximum Gasteiger partial charge on any atom is 0.215 e. The van der Waals surface area contributed by atoms with Gasteiger partial charge in [-0.3, -0.25) is 0 Å². The van der Waals surface area contributed by atoms with E-state index in [2.05, 4.69) is 10.8 Å². The van der Waals surface area contributed by atoms with E-state index >= 15 is 0 Å². The third kappa shape index (κ3) is 3.87. The van der Waals surface area contributed by atoms with E-state index in [9.17, 15) is 8.42 Å². The first-order valence-corrected chi connectivity index (χ1v) is 9.03. The summed E-state index contributed by atoms with van der Waals surface area (Å²) >= 11 is 0. The second-order valence-electron chi connectivity index (χ2n) is 5.43. The van der Waals surface area contributed by atoms with Crippen molar-refractivity contribution in [1.29, 1.82) is 0 Å². The number of benzene rings is 2. The van der Waals surface area contributed by atoms with Crippen LogP contribution in [0.15, 0.2) is 48.5 Å². The van der Waals surface area contributed by atoms with Gasteiger partial charge in [-0.15, -0.1) is 0 Å². The number of sulfonamides is 1. The van der Waals surface area contributed by atoms with Crippen LogP contribution < -0.4 is 9.46 Å². The molecule has 0 spiro atoms. The molecule has 5 heteroatoms. The Hall–Kier alpha value is -1.85. The lowest BCUT2D eigenvalue weighted by atomic mass is 10.1. The molecule has 116 valence electrons. The molecule has 1 N–H and O–H groups in total. The Morgan fingerprint density at radius 1 is 1.05 bits per heavy atom. The molecule has 0 saturated heterocycles. The molecule has 2 aromatic carbocycles. The van der Waals surface area contributed by atoms with Crippen LogP contribution >= 0.6 is 0 Å². The van der Waals surface area contributed by atoms with Crippen molar-refractivity contribution in [2.45, 2.75) is 18.6 Å². The standard InChI is InChI=1S/C17H19NO3S/c19-22(20,13-15-4-2-1-3-5-15)18-10-8-14-6-7-17-16(12-14)9-11-21-17/h1-7,12,18H,8-11,13H2. The van der Waals surface area contributed by atoms with Gasteiger partial charge in [-0.1, -0.05) is 42.5 Å². The highest BCUT2D eigenvalue weighted by molar-refractivity contribution is 7.88. The molecule has 0 saturated carbocycles. The number of hydrogen-bond donors (Lipinski definition) is 1. The first-order chi connectivity index (χ1) is 10.6. The molecule has 0 unspecified atom stereocenters. The van der Waals surface area contributed by atoms with Gasteiger partial charge in [0.15, 0.2) is 0 Å². The average molecular weight is 317 g/mol. The third-order valence-corrected chi connectivity index (χ3v) is 5.05. The highest BCUT2D eigenvalue weighted by Gasteiger charge is 2.13. The fourth-order valence-electron chi connectivity index (χ4n) is 2.59. The van der Waals surface area contributed by atoms with Gasteiger partial charge in [0.2, 0.25) is 10.0 Å². The summed E-state index contributed by atoms with van der Waals surface area (Å²) in [6.07, 6.45) is 1.62. The minimum atomic E-state index is -3.29. The number of fused-ring (bicyclic) bond motifs is 1. The van der Waals surface area contributed by atoms with Crippen LogP contribution in [0.2, 0.25) is 0 Å². The predicted octanol–water partition coefficient (Wildman–Crippen LogP) is 2.28. The summed E-state index contributed by atoms with van der Waals surface area (Å²) in [6, 6.07) is 15.3. The summed E-state index contributed by atoms with van der Waals surface area (Å²) in [5.74, 6) is 0.972. The third-order valence-electron chi connectivity index (χ3n) is 3.69. The lowest BCUT2D eigenvalue weighted by Gasteiger charge is -2.08. The molecular formula is C17H19NO3S. The van der Waals surface area contributed by atoms with Crippen LogP contribution in [0.3, 0.4) is 0 Å². The Labute approximate surface area is 131 Å². The summed E-state index contributed by atoms with van der Waals surface area (Å²) in [5, 5.41) is 0. The van der Waals surface area contributed by atoms with E-state index in [0.29, 0.717) is 13.0 Å². The molecule has 0 bridgehead atoms. The van der Waals surface area contributed by atoms with E-state index in [1.54, 1.807) is 0 Å². The lowest BCUT2D eigenvalue weighted by molar-refractivity contribution is 0.357. The quantitative estimate of drug-likeness (QED) is 0.889. The van der Waals surface area contributed by atoms with Gasteiger partial charge in [0.25, 0.3) is 0 Å². The molecule has 0 amide bonds. The number of ether oxygens (including phenoxy) is 1. The minimum absolute atomic E-state index is 0.0197. The lowest BCUT2D eigenvalue weighted by Crippen LogP contribution is -2.27. The molecule has 1 aliphatic heterocycles. The van der Waals surface area contributed by atoms with E-state index in [1.807, 2.05) is 42.5 Å². The smallest absolute Gasteiger partial charge is 0.215 e. The monoisotopic (exact) mass is 317 g/mol. The number of hydrogen-bond acceptors (Lipinski definition) is 3. The van der Waals surface area contributed by atoms with Gasteiger partial charge < -0.3 is 4.74 Å². The predicted molar refractivity (Wildman–Crippen MR) is 86.4 cm³/mol. The normalized spacial score (nSPS) is 13.6. The Balaban J connectivity index is 1.54. The van der Waals surface area contributed by atoms with Gasteiger partial charge in [-0.05, 0) is 29.2 Å². The largest absolute Gasteiger partial charge is 0.493 e. The minimum Gasteiger partial charge on any atom is -0.493 e. The summed E-state index contributed by atoms with van der Waals surface area (Å²) in [6.45, 7) is 1.15. The summed E-state index contributed by atoms with van der Waals surface area (Å²) in [5.41, 5.74) is 3.14. The maximum absolute atomic E-state index is 12.0. The zero-order valence-electron chi connectivity index (χ0n) is 12.3. The first-order valence-electron chi connectivity index (χ1n) is 7.38. The van der Waals surface area contributed by atoms with Crippen molar-refractivity contribution < 1.29 is 13.2 Å². The van der Waals surface area contributed by atoms with Crippen molar-refractivity contribution in [3.63, 3.8) is 0 Å². The maximum atomic E-state index is 12.0. The highest BCUT2D eigenvalue weighted by Crippen LogP contribution is 2.25. The van der Waals surface area contributed by atoms with Crippen molar-refractivity contribution in [2.75, 3.05) is 13.2 Å². The molecule has 4 nitrogen and oxygen atoms in total. The van der Waals surface area contributed by atoms with Crippen LogP contribution in [0.5, 0.6) is 5.75 Å². The van der Waals surface area contributed by atoms with Gasteiger partial charge in [0, 0.05) is 13.0 Å². The summed E-state index contributed by atoms with van der Waals surface area (Å²) in [4.78, 5) is 0. The van der Waals surface area contributed by atoms with Crippen LogP contribution in [0.4, 0.5) is 0 Å². The van der Waals surface area contributed by atoms with Crippen molar-refractivity contribution in [3.05, 3.63) is 65.2 Å². The summed E-state index contributed by atoms with van der Waals surface area (Å²) in [7, 11) is -3.29. The van der Waals surface area contributed by atoms with E-state index < -0.39 is 10.0 Å².